The van der Waals surface area contributed by atoms with Crippen molar-refractivity contribution in [3.63, 3.8) is 0 Å². The van der Waals surface area contributed by atoms with E-state index in [1.807, 2.05) is 0 Å². The predicted molar refractivity (Wildman–Crippen MR) is 49.5 cm³/mol. The molecule has 1 aliphatic carbocycles. The fraction of sp³-hybridized carbons (Fsp3) is 0.444. The summed E-state index contributed by atoms with van der Waals surface area (Å²) in [5, 5.41) is 10.7. The van der Waals surface area contributed by atoms with Gasteiger partial charge in [-0.1, -0.05) is 0 Å². The Bertz CT molecular complexity index is 457. The Morgan fingerprint density at radius 3 is 2.53 bits per heavy atom. The number of hydrogen-bond donors (Lipinski definition) is 0. The third kappa shape index (κ3) is 2.45. The second-order valence-corrected chi connectivity index (χ2v) is 3.61. The monoisotopic (exact) mass is 248 g/mol. The molecule has 1 heterocycles. The third-order valence-corrected chi connectivity index (χ3v) is 2.19. The average Bonchev–Trinajstić information content (AvgIpc) is 2.99. The summed E-state index contributed by atoms with van der Waals surface area (Å²) in [7, 11) is 0. The molecule has 0 atom stereocenters. The first-order valence-electron chi connectivity index (χ1n) is 4.76. The van der Waals surface area contributed by atoms with Crippen LogP contribution in [0.1, 0.15) is 18.4 Å². The largest absolute Gasteiger partial charge is 0.482 e. The zero-order chi connectivity index (χ0) is 12.6. The SMILES string of the molecule is O=[N+]([O-])c1c(OC2CC2)cncc1C(F)(F)F. The molecule has 0 radical (unpaired) electrons. The minimum Gasteiger partial charge on any atom is -0.482 e. The van der Waals surface area contributed by atoms with Crippen LogP contribution in [-0.4, -0.2) is 16.0 Å². The molecule has 0 bridgehead atoms. The molecule has 1 aromatic rings. The van der Waals surface area contributed by atoms with Crippen LogP contribution in [0.4, 0.5) is 18.9 Å². The summed E-state index contributed by atoms with van der Waals surface area (Å²) in [4.78, 5) is 12.9. The van der Waals surface area contributed by atoms with Gasteiger partial charge in [0.1, 0.15) is 0 Å². The number of halogens is 3. The van der Waals surface area contributed by atoms with Crippen molar-refractivity contribution in [3.05, 3.63) is 28.1 Å². The fourth-order valence-corrected chi connectivity index (χ4v) is 1.28. The number of pyridine rings is 1. The molecule has 5 nitrogen and oxygen atoms in total. The molecular formula is C9H7F3N2O3. The van der Waals surface area contributed by atoms with Gasteiger partial charge in [-0.15, -0.1) is 0 Å². The minimum absolute atomic E-state index is 0.237. The molecule has 1 aliphatic rings. The van der Waals surface area contributed by atoms with Gasteiger partial charge in [0.25, 0.3) is 0 Å². The lowest BCUT2D eigenvalue weighted by Gasteiger charge is -2.10. The van der Waals surface area contributed by atoms with Gasteiger partial charge in [0.05, 0.1) is 17.2 Å². The fourth-order valence-electron chi connectivity index (χ4n) is 1.28. The van der Waals surface area contributed by atoms with Gasteiger partial charge in [-0.3, -0.25) is 15.1 Å². The van der Waals surface area contributed by atoms with E-state index in [2.05, 4.69) is 4.98 Å². The van der Waals surface area contributed by atoms with Crippen molar-refractivity contribution in [3.8, 4) is 5.75 Å². The van der Waals surface area contributed by atoms with Crippen molar-refractivity contribution in [1.82, 2.24) is 4.98 Å². The topological polar surface area (TPSA) is 65.3 Å². The molecular weight excluding hydrogens is 241 g/mol. The van der Waals surface area contributed by atoms with Crippen LogP contribution in [0.15, 0.2) is 12.4 Å². The molecule has 92 valence electrons. The van der Waals surface area contributed by atoms with E-state index in [1.165, 1.54) is 0 Å². The van der Waals surface area contributed by atoms with Gasteiger partial charge in [0.15, 0.2) is 5.56 Å². The van der Waals surface area contributed by atoms with E-state index in [4.69, 9.17) is 4.74 Å². The maximum atomic E-state index is 12.5. The molecule has 0 aliphatic heterocycles. The van der Waals surface area contributed by atoms with Gasteiger partial charge in [-0.25, -0.2) is 0 Å². The summed E-state index contributed by atoms with van der Waals surface area (Å²) < 4.78 is 42.7. The lowest BCUT2D eigenvalue weighted by Crippen LogP contribution is -2.11. The normalized spacial score (nSPS) is 15.7. The van der Waals surface area contributed by atoms with Crippen LogP contribution >= 0.6 is 0 Å². The Balaban J connectivity index is 2.47. The van der Waals surface area contributed by atoms with E-state index in [0.717, 1.165) is 6.20 Å². The zero-order valence-corrected chi connectivity index (χ0v) is 8.40. The van der Waals surface area contributed by atoms with Crippen molar-refractivity contribution in [1.29, 1.82) is 0 Å². The number of rotatable bonds is 3. The van der Waals surface area contributed by atoms with Crippen LogP contribution in [-0.2, 0) is 6.18 Å². The summed E-state index contributed by atoms with van der Waals surface area (Å²) in [5.41, 5.74) is -2.46. The van der Waals surface area contributed by atoms with Gasteiger partial charge >= 0.3 is 11.9 Å². The quantitative estimate of drug-likeness (QED) is 0.609. The van der Waals surface area contributed by atoms with E-state index in [0.29, 0.717) is 19.0 Å². The van der Waals surface area contributed by atoms with Crippen LogP contribution in [0.25, 0.3) is 0 Å². The highest BCUT2D eigenvalue weighted by Crippen LogP contribution is 2.41. The van der Waals surface area contributed by atoms with E-state index >= 15 is 0 Å². The van der Waals surface area contributed by atoms with Crippen LogP contribution in [0.2, 0.25) is 0 Å². The second kappa shape index (κ2) is 3.86. The van der Waals surface area contributed by atoms with Crippen LogP contribution in [0.5, 0.6) is 5.75 Å². The van der Waals surface area contributed by atoms with Crippen LogP contribution in [0.3, 0.4) is 0 Å². The third-order valence-electron chi connectivity index (χ3n) is 2.19. The summed E-state index contributed by atoms with van der Waals surface area (Å²) in [6.45, 7) is 0. The lowest BCUT2D eigenvalue weighted by atomic mass is 10.2. The Kier molecular flexibility index (Phi) is 2.64. The molecule has 2 rings (SSSR count). The Morgan fingerprint density at radius 2 is 2.06 bits per heavy atom. The number of ether oxygens (including phenoxy) is 1. The van der Waals surface area contributed by atoms with Crippen LogP contribution < -0.4 is 4.74 Å². The van der Waals surface area contributed by atoms with E-state index in [9.17, 15) is 23.3 Å². The molecule has 17 heavy (non-hydrogen) atoms. The first kappa shape index (κ1) is 11.6. The van der Waals surface area contributed by atoms with E-state index < -0.39 is 28.1 Å². The second-order valence-electron chi connectivity index (χ2n) is 3.61. The molecule has 8 heteroatoms. The first-order valence-corrected chi connectivity index (χ1v) is 4.76. The number of nitrogens with zero attached hydrogens (tertiary/aromatic N) is 2. The number of hydrogen-bond acceptors (Lipinski definition) is 4. The van der Waals surface area contributed by atoms with Gasteiger partial charge in [0.2, 0.25) is 5.75 Å². The molecule has 1 fully saturated rings. The van der Waals surface area contributed by atoms with Gasteiger partial charge < -0.3 is 4.74 Å². The molecule has 0 spiro atoms. The molecule has 0 N–H and O–H groups in total. The number of alkyl halides is 3. The lowest BCUT2D eigenvalue weighted by molar-refractivity contribution is -0.389. The number of nitro groups is 1. The van der Waals surface area contributed by atoms with Crippen molar-refractivity contribution in [2.45, 2.75) is 25.1 Å². The predicted octanol–water partition coefficient (Wildman–Crippen LogP) is 2.55. The van der Waals surface area contributed by atoms with Crippen molar-refractivity contribution < 1.29 is 22.8 Å². The average molecular weight is 248 g/mol. The molecule has 0 unspecified atom stereocenters. The summed E-state index contributed by atoms with van der Waals surface area (Å²) in [5.74, 6) is -0.424. The number of aromatic nitrogens is 1. The van der Waals surface area contributed by atoms with Crippen molar-refractivity contribution in [2.75, 3.05) is 0 Å². The highest BCUT2D eigenvalue weighted by molar-refractivity contribution is 5.52. The Morgan fingerprint density at radius 1 is 1.41 bits per heavy atom. The molecule has 0 saturated heterocycles. The first-order chi connectivity index (χ1) is 7.89. The Hall–Kier alpha value is -1.86. The minimum atomic E-state index is -4.82. The van der Waals surface area contributed by atoms with Crippen molar-refractivity contribution in [2.24, 2.45) is 0 Å². The van der Waals surface area contributed by atoms with E-state index in [-0.39, 0.29) is 6.10 Å². The summed E-state index contributed by atoms with van der Waals surface area (Å²) >= 11 is 0. The molecule has 0 aromatic carbocycles. The molecule has 1 saturated carbocycles. The zero-order valence-electron chi connectivity index (χ0n) is 8.40. The van der Waals surface area contributed by atoms with Crippen molar-refractivity contribution >= 4 is 5.69 Å². The van der Waals surface area contributed by atoms with E-state index in [1.54, 1.807) is 0 Å². The van der Waals surface area contributed by atoms with Gasteiger partial charge in [0, 0.05) is 6.20 Å². The summed E-state index contributed by atoms with van der Waals surface area (Å²) in [6, 6.07) is 0. The molecule has 0 amide bonds. The summed E-state index contributed by atoms with van der Waals surface area (Å²) in [6.07, 6.45) is -2.32. The van der Waals surface area contributed by atoms with Crippen LogP contribution in [0, 0.1) is 10.1 Å². The Labute approximate surface area is 93.4 Å². The van der Waals surface area contributed by atoms with Gasteiger partial charge in [-0.05, 0) is 12.8 Å². The maximum absolute atomic E-state index is 12.5. The molecule has 1 aromatic heterocycles. The maximum Gasteiger partial charge on any atom is 0.424 e. The standard InChI is InChI=1S/C9H7F3N2O3/c10-9(11,12)6-3-13-4-7(8(6)14(15)16)17-5-1-2-5/h3-5H,1-2H2. The smallest absolute Gasteiger partial charge is 0.424 e. The van der Waals surface area contributed by atoms with Gasteiger partial charge in [-0.2, -0.15) is 13.2 Å². The highest BCUT2D eigenvalue weighted by Gasteiger charge is 2.42. The highest BCUT2D eigenvalue weighted by atomic mass is 19.4.